The first kappa shape index (κ1) is 28.0. The average molecular weight is 471 g/mol. The van der Waals surface area contributed by atoms with Gasteiger partial charge in [0.25, 0.3) is 0 Å². The van der Waals surface area contributed by atoms with Crippen LogP contribution in [0.15, 0.2) is 11.6 Å². The first-order valence-electron chi connectivity index (χ1n) is 15.0. The zero-order chi connectivity index (χ0) is 25.4. The number of hydrogen-bond donors (Lipinski definition) is 0. The number of carbonyl (C=O) groups excluding carboxylic acids is 1. The van der Waals surface area contributed by atoms with Gasteiger partial charge in [0, 0.05) is 12.3 Å². The highest BCUT2D eigenvalue weighted by Crippen LogP contribution is 2.67. The normalized spacial score (nSPS) is 40.4. The summed E-state index contributed by atoms with van der Waals surface area (Å²) in [6.07, 6.45) is 13.8. The van der Waals surface area contributed by atoms with Crippen LogP contribution < -0.4 is 0 Å². The van der Waals surface area contributed by atoms with Crippen molar-refractivity contribution in [3.63, 3.8) is 0 Å². The maximum atomic E-state index is 14.1. The quantitative estimate of drug-likeness (QED) is 0.306. The molecule has 9 unspecified atom stereocenters. The van der Waals surface area contributed by atoms with Crippen molar-refractivity contribution in [2.75, 3.05) is 0 Å². The molecular weight excluding hydrogens is 412 g/mol. The molecule has 34 heavy (non-hydrogen) atoms. The van der Waals surface area contributed by atoms with Crippen LogP contribution in [0, 0.1) is 64.1 Å². The second-order valence-corrected chi connectivity index (χ2v) is 14.5. The number of Topliss-reactive ketones (excluding diaryl/α,β-unsaturated/α-hetero) is 1. The molecule has 0 saturated heterocycles. The largest absolute Gasteiger partial charge is 0.299 e. The summed E-state index contributed by atoms with van der Waals surface area (Å²) in [6, 6.07) is 0. The molecule has 3 fully saturated rings. The van der Waals surface area contributed by atoms with E-state index in [1.165, 1.54) is 56.9 Å². The molecule has 0 aromatic carbocycles. The zero-order valence-corrected chi connectivity index (χ0v) is 24.5. The number of rotatable bonds is 9. The molecule has 0 aromatic heterocycles. The highest BCUT2D eigenvalue weighted by Gasteiger charge is 2.63. The Morgan fingerprint density at radius 1 is 1.09 bits per heavy atom. The molecule has 0 aromatic rings. The number of hydrogen-bond acceptors (Lipinski definition) is 1. The molecule has 3 aliphatic carbocycles. The van der Waals surface area contributed by atoms with E-state index >= 15 is 0 Å². The van der Waals surface area contributed by atoms with Gasteiger partial charge in [0.05, 0.1) is 0 Å². The minimum atomic E-state index is 0.324. The monoisotopic (exact) mass is 470 g/mol. The lowest BCUT2D eigenvalue weighted by molar-refractivity contribution is -0.159. The molecule has 1 nitrogen and oxygen atoms in total. The van der Waals surface area contributed by atoms with Crippen LogP contribution in [0.5, 0.6) is 0 Å². The van der Waals surface area contributed by atoms with Crippen molar-refractivity contribution in [1.29, 1.82) is 0 Å². The fourth-order valence-corrected chi connectivity index (χ4v) is 9.28. The van der Waals surface area contributed by atoms with E-state index in [0.29, 0.717) is 58.0 Å². The SMILES string of the molecule is CCC(C)CCC1(C)C(C)CCC2(C)C3CCC(C(C[C@H](C)C=C(C)C)C(C)C)C3C(=O)CC12. The Morgan fingerprint density at radius 3 is 2.35 bits per heavy atom. The van der Waals surface area contributed by atoms with Crippen molar-refractivity contribution >= 4 is 5.78 Å². The van der Waals surface area contributed by atoms with E-state index < -0.39 is 0 Å². The van der Waals surface area contributed by atoms with Gasteiger partial charge in [-0.05, 0) is 111 Å². The second-order valence-electron chi connectivity index (χ2n) is 14.5. The Balaban J connectivity index is 1.87. The lowest BCUT2D eigenvalue weighted by Crippen LogP contribution is -2.57. The first-order valence-corrected chi connectivity index (χ1v) is 15.0. The van der Waals surface area contributed by atoms with Crippen molar-refractivity contribution in [3.05, 3.63) is 11.6 Å². The third-order valence-electron chi connectivity index (χ3n) is 11.7. The third-order valence-corrected chi connectivity index (χ3v) is 11.7. The van der Waals surface area contributed by atoms with Gasteiger partial charge in [0.1, 0.15) is 5.78 Å². The number of carbonyl (C=O) groups is 1. The van der Waals surface area contributed by atoms with Crippen LogP contribution in [0.2, 0.25) is 0 Å². The minimum absolute atomic E-state index is 0.324. The summed E-state index contributed by atoms with van der Waals surface area (Å²) in [7, 11) is 0. The lowest BCUT2D eigenvalue weighted by Gasteiger charge is -2.61. The van der Waals surface area contributed by atoms with Gasteiger partial charge in [0.2, 0.25) is 0 Å². The van der Waals surface area contributed by atoms with Crippen LogP contribution in [0.1, 0.15) is 127 Å². The molecule has 10 atom stereocenters. The number of fused-ring (bicyclic) bond motifs is 3. The van der Waals surface area contributed by atoms with Gasteiger partial charge in [-0.25, -0.2) is 0 Å². The van der Waals surface area contributed by atoms with Crippen LogP contribution in [0.4, 0.5) is 0 Å². The second kappa shape index (κ2) is 10.8. The molecule has 196 valence electrons. The topological polar surface area (TPSA) is 17.1 Å². The minimum Gasteiger partial charge on any atom is -0.299 e. The van der Waals surface area contributed by atoms with E-state index in [2.05, 4.69) is 75.3 Å². The van der Waals surface area contributed by atoms with Gasteiger partial charge in [0.15, 0.2) is 0 Å². The molecule has 0 radical (unpaired) electrons. The summed E-state index contributed by atoms with van der Waals surface area (Å²) in [5.41, 5.74) is 2.11. The van der Waals surface area contributed by atoms with E-state index in [1.54, 1.807) is 0 Å². The van der Waals surface area contributed by atoms with Crippen LogP contribution >= 0.6 is 0 Å². The van der Waals surface area contributed by atoms with Crippen molar-refractivity contribution < 1.29 is 4.79 Å². The van der Waals surface area contributed by atoms with E-state index in [1.807, 2.05) is 0 Å². The highest BCUT2D eigenvalue weighted by atomic mass is 16.1. The number of allylic oxidation sites excluding steroid dienone is 2. The third kappa shape index (κ3) is 5.25. The maximum Gasteiger partial charge on any atom is 0.136 e. The summed E-state index contributed by atoms with van der Waals surface area (Å²) in [5.74, 6) is 6.28. The Bertz CT molecular complexity index is 729. The summed E-state index contributed by atoms with van der Waals surface area (Å²) in [4.78, 5) is 14.1. The van der Waals surface area contributed by atoms with E-state index in [9.17, 15) is 4.79 Å². The van der Waals surface area contributed by atoms with Crippen molar-refractivity contribution in [1.82, 2.24) is 0 Å². The predicted octanol–water partition coefficient (Wildman–Crippen LogP) is 9.75. The Kier molecular flexibility index (Phi) is 8.89. The molecule has 0 aliphatic heterocycles. The van der Waals surface area contributed by atoms with E-state index in [0.717, 1.165) is 18.3 Å². The highest BCUT2D eigenvalue weighted by molar-refractivity contribution is 5.83. The van der Waals surface area contributed by atoms with Gasteiger partial charge in [-0.1, -0.05) is 79.9 Å². The van der Waals surface area contributed by atoms with Crippen molar-refractivity contribution in [2.45, 2.75) is 127 Å². The molecule has 0 bridgehead atoms. The summed E-state index contributed by atoms with van der Waals surface area (Å²) < 4.78 is 0. The molecule has 0 heterocycles. The molecule has 0 amide bonds. The standard InChI is InChI=1S/C33H58O/c1-11-23(6)14-16-32(9)25(8)15-17-33(10)28-13-12-26(31(28)29(34)20-30(32)33)27(22(4)5)19-24(7)18-21(2)3/h18,22-28,30-31H,11-17,19-20H2,1-10H3/t23?,24-,25?,26?,27?,28?,30?,31?,32?,33?/m1/s1. The molecule has 0 spiro atoms. The molecule has 3 rings (SSSR count). The van der Waals surface area contributed by atoms with Crippen LogP contribution in [-0.2, 0) is 4.79 Å². The van der Waals surface area contributed by atoms with Gasteiger partial charge >= 0.3 is 0 Å². The van der Waals surface area contributed by atoms with E-state index in [4.69, 9.17) is 0 Å². The van der Waals surface area contributed by atoms with Gasteiger partial charge in [-0.3, -0.25) is 4.79 Å². The van der Waals surface area contributed by atoms with Crippen LogP contribution in [-0.4, -0.2) is 5.78 Å². The fourth-order valence-electron chi connectivity index (χ4n) is 9.28. The van der Waals surface area contributed by atoms with Crippen LogP contribution in [0.25, 0.3) is 0 Å². The smallest absolute Gasteiger partial charge is 0.136 e. The lowest BCUT2D eigenvalue weighted by atomic mass is 9.42. The van der Waals surface area contributed by atoms with Gasteiger partial charge in [-0.15, -0.1) is 0 Å². The Labute approximate surface area is 213 Å². The molecular formula is C33H58O. The zero-order valence-electron chi connectivity index (χ0n) is 24.5. The predicted molar refractivity (Wildman–Crippen MR) is 148 cm³/mol. The first-order chi connectivity index (χ1) is 15.8. The molecule has 0 N–H and O–H groups in total. The molecule has 1 heteroatoms. The molecule has 3 aliphatic rings. The fraction of sp³-hybridized carbons (Fsp3) is 0.909. The van der Waals surface area contributed by atoms with E-state index in [-0.39, 0.29) is 0 Å². The Hall–Kier alpha value is -0.590. The van der Waals surface area contributed by atoms with Crippen molar-refractivity contribution in [2.24, 2.45) is 64.1 Å². The summed E-state index contributed by atoms with van der Waals surface area (Å²) in [6.45, 7) is 24.1. The van der Waals surface area contributed by atoms with Crippen molar-refractivity contribution in [3.8, 4) is 0 Å². The van der Waals surface area contributed by atoms with Gasteiger partial charge in [-0.2, -0.15) is 0 Å². The maximum absolute atomic E-state index is 14.1. The summed E-state index contributed by atoms with van der Waals surface area (Å²) >= 11 is 0. The average Bonchev–Trinajstić information content (AvgIpc) is 3.21. The Morgan fingerprint density at radius 2 is 1.76 bits per heavy atom. The summed E-state index contributed by atoms with van der Waals surface area (Å²) in [5, 5.41) is 0. The van der Waals surface area contributed by atoms with Gasteiger partial charge < -0.3 is 0 Å². The molecule has 3 saturated carbocycles. The van der Waals surface area contributed by atoms with Crippen LogP contribution in [0.3, 0.4) is 0 Å². The number of ketones is 1.